The van der Waals surface area contributed by atoms with E-state index in [9.17, 15) is 5.11 Å². The molecule has 4 heteroatoms. The third-order valence-electron chi connectivity index (χ3n) is 5.37. The molecule has 1 N–H and O–H groups in total. The minimum Gasteiger partial charge on any atom is -0.507 e. The Morgan fingerprint density at radius 1 is 0.655 bits per heavy atom. The van der Waals surface area contributed by atoms with Crippen LogP contribution in [0.15, 0.2) is 12.1 Å². The fraction of sp³-hybridized carbons (Fsp3) is 0.760. The molecule has 0 fully saturated rings. The van der Waals surface area contributed by atoms with Crippen LogP contribution in [0.2, 0.25) is 0 Å². The molecule has 0 aromatic heterocycles. The predicted octanol–water partition coefficient (Wildman–Crippen LogP) is 8.56. The Morgan fingerprint density at radius 2 is 0.931 bits per heavy atom. The summed E-state index contributed by atoms with van der Waals surface area (Å²) >= 11 is 0. The van der Waals surface area contributed by atoms with Gasteiger partial charge in [0.1, 0.15) is 11.5 Å². The van der Waals surface area contributed by atoms with Crippen LogP contribution in [0.1, 0.15) is 94.2 Å². The summed E-state index contributed by atoms with van der Waals surface area (Å²) in [4.78, 5) is 0. The number of aromatic hydroxyl groups is 1. The average Bonchev–Trinajstić information content (AvgIpc) is 2.47. The maximum Gasteiger partial charge on any atom is 0.122 e. The van der Waals surface area contributed by atoms with Gasteiger partial charge in [-0.05, 0) is 45.1 Å². The zero-order valence-corrected chi connectivity index (χ0v) is 23.1. The molecule has 0 atom stereocenters. The molecule has 2 nitrogen and oxygen atoms in total. The van der Waals surface area contributed by atoms with Crippen molar-refractivity contribution in [2.75, 3.05) is 7.11 Å². The summed E-state index contributed by atoms with van der Waals surface area (Å²) in [6.07, 6.45) is 1.84. The van der Waals surface area contributed by atoms with Crippen LogP contribution in [-0.4, -0.2) is 32.8 Å². The predicted molar refractivity (Wildman–Crippen MR) is 135 cm³/mol. The molecule has 0 amide bonds. The molecule has 0 spiro atoms. The van der Waals surface area contributed by atoms with Gasteiger partial charge in [-0.25, -0.2) is 0 Å². The van der Waals surface area contributed by atoms with E-state index in [1.807, 2.05) is 0 Å². The molecule has 0 aliphatic carbocycles. The van der Waals surface area contributed by atoms with Crippen molar-refractivity contribution in [3.05, 3.63) is 23.3 Å². The van der Waals surface area contributed by atoms with Gasteiger partial charge in [0.15, 0.2) is 0 Å². The van der Waals surface area contributed by atoms with Gasteiger partial charge in [-0.15, -0.1) is 0 Å². The number of hydrogen-bond acceptors (Lipinski definition) is 2. The Morgan fingerprint density at radius 3 is 1.14 bits per heavy atom. The van der Waals surface area contributed by atoms with Gasteiger partial charge in [-0.2, -0.15) is 0 Å². The van der Waals surface area contributed by atoms with Crippen LogP contribution in [0, 0.1) is 0 Å². The summed E-state index contributed by atoms with van der Waals surface area (Å²) in [7, 11) is 1.05. The highest BCUT2D eigenvalue weighted by molar-refractivity contribution is 7.60. The monoisotopic (exact) mass is 440 g/mol. The molecule has 1 aromatic carbocycles. The van der Waals surface area contributed by atoms with Crippen LogP contribution >= 0.6 is 15.8 Å². The first-order valence-corrected chi connectivity index (χ1v) is 13.8. The third kappa shape index (κ3) is 7.40. The second-order valence-corrected chi connectivity index (χ2v) is 19.9. The van der Waals surface area contributed by atoms with E-state index in [2.05, 4.69) is 95.2 Å². The maximum atomic E-state index is 11.3. The molecular formula is C25H46O2P2. The second kappa shape index (κ2) is 9.04. The minimum atomic E-state index is -0.341. The molecule has 168 valence electrons. The second-order valence-electron chi connectivity index (χ2n) is 12.1. The molecule has 0 saturated carbocycles. The summed E-state index contributed by atoms with van der Waals surface area (Å²) < 4.78 is 5.66. The molecule has 0 bridgehead atoms. The van der Waals surface area contributed by atoms with Crippen LogP contribution in [0.3, 0.4) is 0 Å². The van der Waals surface area contributed by atoms with Crippen molar-refractivity contribution < 1.29 is 9.84 Å². The van der Waals surface area contributed by atoms with Crippen LogP contribution in [0.4, 0.5) is 0 Å². The lowest BCUT2D eigenvalue weighted by Gasteiger charge is -2.42. The highest BCUT2D eigenvalue weighted by Crippen LogP contribution is 2.64. The number of phenols is 1. The van der Waals surface area contributed by atoms with Gasteiger partial charge >= 0.3 is 0 Å². The standard InChI is InChI=1S/C25H46O2P2/c1-22(2,3)28(23(4,5)6)16-18-14-20(27-13)15-19(21(18)26)17-29(24(7,8)9)25(10,11)12/h14-15,26H,16-17H2,1-13H3. The fourth-order valence-electron chi connectivity index (χ4n) is 4.39. The van der Waals surface area contributed by atoms with Crippen molar-refractivity contribution in [2.45, 2.75) is 116 Å². The topological polar surface area (TPSA) is 29.5 Å². The van der Waals surface area contributed by atoms with E-state index in [0.29, 0.717) is 5.75 Å². The van der Waals surface area contributed by atoms with Crippen molar-refractivity contribution in [1.82, 2.24) is 0 Å². The number of benzene rings is 1. The molecule has 0 aliphatic rings. The van der Waals surface area contributed by atoms with E-state index in [4.69, 9.17) is 4.74 Å². The van der Waals surface area contributed by atoms with Gasteiger partial charge in [0, 0.05) is 11.1 Å². The number of phenolic OH excluding ortho intramolecular Hbond substituents is 1. The highest BCUT2D eigenvalue weighted by atomic mass is 31.1. The largest absolute Gasteiger partial charge is 0.507 e. The quantitative estimate of drug-likeness (QED) is 0.465. The molecular weight excluding hydrogens is 394 g/mol. The van der Waals surface area contributed by atoms with E-state index in [-0.39, 0.29) is 36.5 Å². The zero-order valence-electron chi connectivity index (χ0n) is 21.3. The van der Waals surface area contributed by atoms with Crippen molar-refractivity contribution in [3.8, 4) is 11.5 Å². The summed E-state index contributed by atoms with van der Waals surface area (Å²) in [5.74, 6) is 1.36. The first-order valence-electron chi connectivity index (χ1n) is 10.7. The van der Waals surface area contributed by atoms with E-state index in [0.717, 1.165) is 29.2 Å². The van der Waals surface area contributed by atoms with Crippen LogP contribution in [0.5, 0.6) is 11.5 Å². The summed E-state index contributed by atoms with van der Waals surface area (Å²) in [5, 5.41) is 12.2. The molecule has 0 aliphatic heterocycles. The molecule has 0 radical (unpaired) electrons. The SMILES string of the molecule is COc1cc(CP(C(C)(C)C)C(C)(C)C)c(O)c(CP(C(C)(C)C)C(C)(C)C)c1. The smallest absolute Gasteiger partial charge is 0.122 e. The first-order chi connectivity index (χ1) is 12.8. The molecule has 0 unspecified atom stereocenters. The lowest BCUT2D eigenvalue weighted by atomic mass is 10.1. The molecule has 0 heterocycles. The van der Waals surface area contributed by atoms with E-state index in [1.54, 1.807) is 7.11 Å². The Hall–Kier alpha value is -0.320. The first kappa shape index (κ1) is 26.7. The lowest BCUT2D eigenvalue weighted by molar-refractivity contribution is 0.410. The van der Waals surface area contributed by atoms with Gasteiger partial charge < -0.3 is 9.84 Å². The minimum absolute atomic E-state index is 0.215. The Bertz CT molecular complexity index is 600. The summed E-state index contributed by atoms with van der Waals surface area (Å²) in [6.45, 7) is 28.0. The summed E-state index contributed by atoms with van der Waals surface area (Å²) in [5.41, 5.74) is 2.10. The van der Waals surface area contributed by atoms with Crippen molar-refractivity contribution in [3.63, 3.8) is 0 Å². The van der Waals surface area contributed by atoms with Crippen molar-refractivity contribution >= 4 is 15.8 Å². The van der Waals surface area contributed by atoms with Gasteiger partial charge in [-0.1, -0.05) is 98.9 Å². The molecule has 1 rings (SSSR count). The Labute approximate surface area is 183 Å². The van der Waals surface area contributed by atoms with E-state index >= 15 is 0 Å². The fourth-order valence-corrected chi connectivity index (χ4v) is 11.5. The molecule has 0 saturated heterocycles. The van der Waals surface area contributed by atoms with Gasteiger partial charge in [0.2, 0.25) is 0 Å². The Kier molecular flexibility index (Phi) is 8.33. The zero-order chi connectivity index (χ0) is 23.0. The number of methoxy groups -OCH3 is 1. The van der Waals surface area contributed by atoms with E-state index in [1.165, 1.54) is 0 Å². The Balaban J connectivity index is 3.47. The van der Waals surface area contributed by atoms with Crippen LogP contribution < -0.4 is 4.74 Å². The third-order valence-corrected chi connectivity index (χ3v) is 13.2. The van der Waals surface area contributed by atoms with Crippen LogP contribution in [-0.2, 0) is 12.3 Å². The molecule has 29 heavy (non-hydrogen) atoms. The van der Waals surface area contributed by atoms with Crippen LogP contribution in [0.25, 0.3) is 0 Å². The normalized spacial score (nSPS) is 14.0. The lowest BCUT2D eigenvalue weighted by Crippen LogP contribution is -2.26. The maximum absolute atomic E-state index is 11.3. The molecule has 1 aromatic rings. The number of hydrogen-bond donors (Lipinski definition) is 1. The summed E-state index contributed by atoms with van der Waals surface area (Å²) in [6, 6.07) is 4.12. The van der Waals surface area contributed by atoms with Gasteiger partial charge in [0.25, 0.3) is 0 Å². The number of rotatable bonds is 5. The van der Waals surface area contributed by atoms with E-state index < -0.39 is 0 Å². The van der Waals surface area contributed by atoms with Crippen molar-refractivity contribution in [1.29, 1.82) is 0 Å². The van der Waals surface area contributed by atoms with Gasteiger partial charge in [-0.3, -0.25) is 0 Å². The highest BCUT2D eigenvalue weighted by Gasteiger charge is 2.37. The average molecular weight is 441 g/mol. The number of ether oxygens (including phenoxy) is 1. The van der Waals surface area contributed by atoms with Gasteiger partial charge in [0.05, 0.1) is 7.11 Å². The van der Waals surface area contributed by atoms with Crippen molar-refractivity contribution in [2.24, 2.45) is 0 Å².